The minimum absolute atomic E-state index is 0.0535. The van der Waals surface area contributed by atoms with Crippen LogP contribution >= 0.6 is 23.2 Å². The molecule has 0 aliphatic heterocycles. The fourth-order valence-corrected chi connectivity index (χ4v) is 3.24. The van der Waals surface area contributed by atoms with Crippen molar-refractivity contribution < 1.29 is 17.4 Å². The van der Waals surface area contributed by atoms with Gasteiger partial charge in [0.05, 0.1) is 16.3 Å². The van der Waals surface area contributed by atoms with Gasteiger partial charge in [-0.1, -0.05) is 42.3 Å². The molecule has 1 unspecified atom stereocenters. The van der Waals surface area contributed by atoms with E-state index in [2.05, 4.69) is 5.32 Å². The number of carbonyl (C=O) groups excluding carboxylic acids is 1. The zero-order valence-corrected chi connectivity index (χ0v) is 18.1. The van der Waals surface area contributed by atoms with Crippen LogP contribution in [-0.4, -0.2) is 31.6 Å². The maximum Gasteiger partial charge on any atom is 0.322 e. The second-order valence-corrected chi connectivity index (χ2v) is 8.77. The van der Waals surface area contributed by atoms with Gasteiger partial charge in [-0.05, 0) is 49.2 Å². The summed E-state index contributed by atoms with van der Waals surface area (Å²) in [5.41, 5.74) is 1.27. The first-order chi connectivity index (χ1) is 13.1. The van der Waals surface area contributed by atoms with Crippen molar-refractivity contribution in [2.75, 3.05) is 11.6 Å². The lowest BCUT2D eigenvalue weighted by Gasteiger charge is -2.29. The number of rotatable bonds is 7. The largest absolute Gasteiger partial charge is 0.383 e. The Labute approximate surface area is 175 Å². The molecular formula is C19H22Cl2N2O4S. The molecule has 1 atom stereocenters. The van der Waals surface area contributed by atoms with Crippen LogP contribution in [0.2, 0.25) is 10.0 Å². The van der Waals surface area contributed by atoms with Crippen molar-refractivity contribution in [1.82, 2.24) is 4.90 Å². The Balaban J connectivity index is 2.20. The number of carbonyl (C=O) groups is 1. The highest BCUT2D eigenvalue weighted by atomic mass is 35.5. The van der Waals surface area contributed by atoms with Gasteiger partial charge in [0.1, 0.15) is 5.75 Å². The zero-order valence-electron chi connectivity index (χ0n) is 15.8. The number of nitrogens with one attached hydrogen (secondary N) is 1. The van der Waals surface area contributed by atoms with Gasteiger partial charge in [0, 0.05) is 18.3 Å². The van der Waals surface area contributed by atoms with E-state index in [1.54, 1.807) is 47.4 Å². The zero-order chi connectivity index (χ0) is 20.9. The first-order valence-electron chi connectivity index (χ1n) is 8.60. The minimum Gasteiger partial charge on any atom is -0.383 e. The van der Waals surface area contributed by atoms with Crippen LogP contribution in [0.3, 0.4) is 0 Å². The molecule has 6 nitrogen and oxygen atoms in total. The minimum atomic E-state index is -3.62. The molecule has 0 bridgehead atoms. The quantitative estimate of drug-likeness (QED) is 0.597. The average Bonchev–Trinajstić information content (AvgIpc) is 2.61. The summed E-state index contributed by atoms with van der Waals surface area (Å²) in [6.07, 6.45) is 1.73. The molecule has 0 fully saturated rings. The number of urea groups is 1. The molecule has 1 N–H and O–H groups in total. The van der Waals surface area contributed by atoms with Crippen LogP contribution in [0, 0.1) is 0 Å². The summed E-state index contributed by atoms with van der Waals surface area (Å²) in [7, 11) is -3.62. The van der Waals surface area contributed by atoms with E-state index in [-0.39, 0.29) is 24.4 Å². The number of hydrogen-bond acceptors (Lipinski definition) is 4. The van der Waals surface area contributed by atoms with E-state index in [1.807, 2.05) is 13.8 Å². The summed E-state index contributed by atoms with van der Waals surface area (Å²) in [5, 5.41) is 3.57. The molecular weight excluding hydrogens is 423 g/mol. The van der Waals surface area contributed by atoms with Gasteiger partial charge < -0.3 is 14.4 Å². The molecule has 28 heavy (non-hydrogen) atoms. The van der Waals surface area contributed by atoms with E-state index >= 15 is 0 Å². The van der Waals surface area contributed by atoms with Gasteiger partial charge in [-0.15, -0.1) is 0 Å². The monoisotopic (exact) mass is 444 g/mol. The Morgan fingerprint density at radius 2 is 1.89 bits per heavy atom. The summed E-state index contributed by atoms with van der Waals surface area (Å²) in [4.78, 5) is 14.5. The Morgan fingerprint density at radius 1 is 1.18 bits per heavy atom. The van der Waals surface area contributed by atoms with Gasteiger partial charge in [-0.2, -0.15) is 8.42 Å². The molecule has 0 heterocycles. The lowest BCUT2D eigenvalue weighted by atomic mass is 10.1. The van der Waals surface area contributed by atoms with Crippen LogP contribution < -0.4 is 9.50 Å². The van der Waals surface area contributed by atoms with Gasteiger partial charge in [0.2, 0.25) is 0 Å². The first-order valence-corrected chi connectivity index (χ1v) is 11.2. The van der Waals surface area contributed by atoms with Gasteiger partial charge in [-0.25, -0.2) is 4.79 Å². The number of anilines is 1. The molecule has 2 rings (SSSR count). The molecule has 0 aliphatic rings. The van der Waals surface area contributed by atoms with E-state index in [1.165, 1.54) is 0 Å². The third-order valence-corrected chi connectivity index (χ3v) is 5.29. The van der Waals surface area contributed by atoms with Crippen molar-refractivity contribution in [3.8, 4) is 5.75 Å². The van der Waals surface area contributed by atoms with E-state index in [9.17, 15) is 13.2 Å². The van der Waals surface area contributed by atoms with Crippen molar-refractivity contribution in [2.24, 2.45) is 0 Å². The third kappa shape index (κ3) is 6.58. The smallest absolute Gasteiger partial charge is 0.322 e. The standard InChI is InChI=1S/C19H22Cl2N2O4S/c1-4-13(2)23(19(24)22-15-8-9-17(20)18(21)11-15)12-14-6-5-7-16(10-14)27-28(3,25)26/h5-11,13H,4,12H2,1-3H3,(H,22,24). The molecule has 2 aromatic rings. The van der Waals surface area contributed by atoms with Crippen LogP contribution in [0.1, 0.15) is 25.8 Å². The van der Waals surface area contributed by atoms with Crippen LogP contribution in [0.25, 0.3) is 0 Å². The van der Waals surface area contributed by atoms with E-state index < -0.39 is 10.1 Å². The van der Waals surface area contributed by atoms with Gasteiger partial charge in [-0.3, -0.25) is 0 Å². The van der Waals surface area contributed by atoms with Crippen molar-refractivity contribution in [1.29, 1.82) is 0 Å². The van der Waals surface area contributed by atoms with Crippen molar-refractivity contribution in [2.45, 2.75) is 32.9 Å². The molecule has 0 saturated heterocycles. The van der Waals surface area contributed by atoms with E-state index in [4.69, 9.17) is 27.4 Å². The van der Waals surface area contributed by atoms with Crippen molar-refractivity contribution >= 4 is 45.0 Å². The van der Waals surface area contributed by atoms with Gasteiger partial charge in [0.15, 0.2) is 0 Å². The molecule has 0 spiro atoms. The fraction of sp³-hybridized carbons (Fsp3) is 0.316. The first kappa shape index (κ1) is 22.3. The molecule has 9 heteroatoms. The molecule has 0 radical (unpaired) electrons. The SMILES string of the molecule is CCC(C)N(Cc1cccc(OS(C)(=O)=O)c1)C(=O)Nc1ccc(Cl)c(Cl)c1. The van der Waals surface area contributed by atoms with Crippen LogP contribution in [-0.2, 0) is 16.7 Å². The summed E-state index contributed by atoms with van der Waals surface area (Å²) in [5.74, 6) is 0.203. The Morgan fingerprint density at radius 3 is 2.50 bits per heavy atom. The Hall–Kier alpha value is -1.96. The predicted octanol–water partition coefficient (Wildman–Crippen LogP) is 5.16. The highest BCUT2D eigenvalue weighted by Crippen LogP contribution is 2.26. The highest BCUT2D eigenvalue weighted by molar-refractivity contribution is 7.86. The maximum atomic E-state index is 12.8. The summed E-state index contributed by atoms with van der Waals surface area (Å²) >= 11 is 11.9. The van der Waals surface area contributed by atoms with Crippen molar-refractivity contribution in [3.63, 3.8) is 0 Å². The van der Waals surface area contributed by atoms with Gasteiger partial charge in [0.25, 0.3) is 0 Å². The number of amides is 2. The van der Waals surface area contributed by atoms with Crippen molar-refractivity contribution in [3.05, 3.63) is 58.1 Å². The van der Waals surface area contributed by atoms with Gasteiger partial charge >= 0.3 is 16.1 Å². The lowest BCUT2D eigenvalue weighted by molar-refractivity contribution is 0.187. The topological polar surface area (TPSA) is 75.7 Å². The second-order valence-electron chi connectivity index (χ2n) is 6.38. The van der Waals surface area contributed by atoms with Crippen LogP contribution in [0.15, 0.2) is 42.5 Å². The molecule has 0 aliphatic carbocycles. The number of hydrogen-bond donors (Lipinski definition) is 1. The molecule has 0 saturated carbocycles. The van der Waals surface area contributed by atoms with Crippen LogP contribution in [0.5, 0.6) is 5.75 Å². The molecule has 2 amide bonds. The average molecular weight is 445 g/mol. The number of nitrogens with zero attached hydrogens (tertiary/aromatic N) is 1. The molecule has 152 valence electrons. The Kier molecular flexibility index (Phi) is 7.57. The highest BCUT2D eigenvalue weighted by Gasteiger charge is 2.20. The molecule has 0 aromatic heterocycles. The summed E-state index contributed by atoms with van der Waals surface area (Å²) in [6, 6.07) is 11.1. The Bertz CT molecular complexity index is 951. The third-order valence-electron chi connectivity index (χ3n) is 4.05. The number of halogens is 2. The number of benzene rings is 2. The summed E-state index contributed by atoms with van der Waals surface area (Å²) in [6.45, 7) is 4.20. The predicted molar refractivity (Wildman–Crippen MR) is 113 cm³/mol. The normalized spacial score (nSPS) is 12.3. The van der Waals surface area contributed by atoms with Crippen LogP contribution in [0.4, 0.5) is 10.5 Å². The molecule has 2 aromatic carbocycles. The van der Waals surface area contributed by atoms with E-state index in [0.29, 0.717) is 15.7 Å². The summed E-state index contributed by atoms with van der Waals surface area (Å²) < 4.78 is 27.6. The lowest BCUT2D eigenvalue weighted by Crippen LogP contribution is -2.40. The maximum absolute atomic E-state index is 12.8. The fourth-order valence-electron chi connectivity index (χ4n) is 2.48. The second kappa shape index (κ2) is 9.49. The van der Waals surface area contributed by atoms with E-state index in [0.717, 1.165) is 18.2 Å².